The molecule has 4 aromatic rings. The third-order valence-corrected chi connectivity index (χ3v) is 6.04. The molecular formula is C27H24N2O5. The average molecular weight is 456 g/mol. The van der Waals surface area contributed by atoms with Crippen LogP contribution in [-0.2, 0) is 6.54 Å². The third kappa shape index (κ3) is 4.51. The van der Waals surface area contributed by atoms with Gasteiger partial charge in [-0.2, -0.15) is 0 Å². The van der Waals surface area contributed by atoms with Crippen LogP contribution in [0.25, 0.3) is 22.3 Å². The second-order valence-corrected chi connectivity index (χ2v) is 8.52. The highest BCUT2D eigenvalue weighted by Gasteiger charge is 2.14. The molecule has 1 aromatic heterocycles. The number of phenols is 2. The van der Waals surface area contributed by atoms with Gasteiger partial charge in [-0.3, -0.25) is 14.5 Å². The van der Waals surface area contributed by atoms with E-state index in [2.05, 4.69) is 10.2 Å². The van der Waals surface area contributed by atoms with Crippen LogP contribution in [0.5, 0.6) is 11.5 Å². The molecule has 1 aliphatic rings. The summed E-state index contributed by atoms with van der Waals surface area (Å²) in [4.78, 5) is 27.5. The predicted octanol–water partition coefficient (Wildman–Crippen LogP) is 4.72. The number of carbonyl (C=O) groups is 1. The van der Waals surface area contributed by atoms with Crippen LogP contribution in [0.2, 0.25) is 0 Å². The van der Waals surface area contributed by atoms with E-state index < -0.39 is 5.43 Å². The smallest absolute Gasteiger partial charge is 0.255 e. The first-order valence-corrected chi connectivity index (χ1v) is 11.2. The van der Waals surface area contributed by atoms with Crippen LogP contribution < -0.4 is 10.7 Å². The lowest BCUT2D eigenvalue weighted by atomic mass is 10.1. The number of likely N-dealkylation sites (tertiary alicyclic amines) is 1. The Labute approximate surface area is 195 Å². The number of nitrogens with zero attached hydrogens (tertiary/aromatic N) is 1. The Balaban J connectivity index is 1.30. The van der Waals surface area contributed by atoms with E-state index in [0.717, 1.165) is 25.7 Å². The molecular weight excluding hydrogens is 432 g/mol. The van der Waals surface area contributed by atoms with Crippen molar-refractivity contribution in [1.82, 2.24) is 4.90 Å². The van der Waals surface area contributed by atoms with Crippen molar-refractivity contribution >= 4 is 22.6 Å². The third-order valence-electron chi connectivity index (χ3n) is 6.04. The summed E-state index contributed by atoms with van der Waals surface area (Å²) in [6.07, 6.45) is 2.50. The number of benzene rings is 3. The summed E-state index contributed by atoms with van der Waals surface area (Å²) in [5.74, 6) is -0.456. The lowest BCUT2D eigenvalue weighted by Gasteiger charge is -2.14. The Kier molecular flexibility index (Phi) is 5.77. The molecule has 7 heteroatoms. The van der Waals surface area contributed by atoms with Crippen molar-refractivity contribution in [2.45, 2.75) is 19.4 Å². The number of aromatic hydroxyl groups is 2. The fourth-order valence-electron chi connectivity index (χ4n) is 4.28. The van der Waals surface area contributed by atoms with Crippen LogP contribution in [0, 0.1) is 0 Å². The topological polar surface area (TPSA) is 103 Å². The maximum Gasteiger partial charge on any atom is 0.255 e. The van der Waals surface area contributed by atoms with E-state index in [9.17, 15) is 19.8 Å². The molecule has 2 heterocycles. The fourth-order valence-corrected chi connectivity index (χ4v) is 4.28. The molecule has 1 saturated heterocycles. The predicted molar refractivity (Wildman–Crippen MR) is 130 cm³/mol. The summed E-state index contributed by atoms with van der Waals surface area (Å²) in [6, 6.07) is 18.2. The van der Waals surface area contributed by atoms with Crippen molar-refractivity contribution < 1.29 is 19.4 Å². The standard InChI is InChI=1S/C27H24N2O5/c30-21-13-22(31)26-23(32)15-24(34-25(26)14-21)18-7-9-20(10-8-18)28-27(33)19-5-3-17(4-6-19)16-29-11-1-2-12-29/h3-10,13-15,30-31H,1-2,11-12,16H2,(H,28,33). The lowest BCUT2D eigenvalue weighted by Crippen LogP contribution is -2.18. The summed E-state index contributed by atoms with van der Waals surface area (Å²) in [7, 11) is 0. The van der Waals surface area contributed by atoms with Crippen LogP contribution in [0.4, 0.5) is 5.69 Å². The molecule has 0 saturated carbocycles. The van der Waals surface area contributed by atoms with Crippen molar-refractivity contribution in [3.05, 3.63) is 88.1 Å². The molecule has 0 atom stereocenters. The number of fused-ring (bicyclic) bond motifs is 1. The number of rotatable bonds is 5. The van der Waals surface area contributed by atoms with Gasteiger partial charge < -0.3 is 19.9 Å². The minimum absolute atomic E-state index is 0.0110. The minimum atomic E-state index is -0.417. The monoisotopic (exact) mass is 456 g/mol. The lowest BCUT2D eigenvalue weighted by molar-refractivity contribution is 0.102. The summed E-state index contributed by atoms with van der Waals surface area (Å²) < 4.78 is 5.73. The van der Waals surface area contributed by atoms with Gasteiger partial charge in [0.25, 0.3) is 5.91 Å². The molecule has 0 spiro atoms. The molecule has 7 nitrogen and oxygen atoms in total. The van der Waals surface area contributed by atoms with Crippen molar-refractivity contribution in [2.24, 2.45) is 0 Å². The van der Waals surface area contributed by atoms with Gasteiger partial charge in [0.2, 0.25) is 0 Å². The van der Waals surface area contributed by atoms with Crippen LogP contribution in [-0.4, -0.2) is 34.1 Å². The second kappa shape index (κ2) is 9.03. The fraction of sp³-hybridized carbons (Fsp3) is 0.185. The molecule has 3 N–H and O–H groups in total. The van der Waals surface area contributed by atoms with E-state index in [1.165, 1.54) is 30.5 Å². The second-order valence-electron chi connectivity index (χ2n) is 8.52. The minimum Gasteiger partial charge on any atom is -0.508 e. The summed E-state index contributed by atoms with van der Waals surface area (Å²) in [5, 5.41) is 22.5. The van der Waals surface area contributed by atoms with E-state index in [-0.39, 0.29) is 34.1 Å². The first kappa shape index (κ1) is 21.7. The SMILES string of the molecule is O=C(Nc1ccc(-c2cc(=O)c3c(O)cc(O)cc3o2)cc1)c1ccc(CN2CCCC2)cc1. The molecule has 0 aliphatic carbocycles. The molecule has 0 unspecified atom stereocenters. The summed E-state index contributed by atoms with van der Waals surface area (Å²) in [6.45, 7) is 3.17. The zero-order valence-electron chi connectivity index (χ0n) is 18.5. The maximum atomic E-state index is 12.7. The molecule has 1 aliphatic heterocycles. The highest BCUT2D eigenvalue weighted by molar-refractivity contribution is 6.04. The van der Waals surface area contributed by atoms with Crippen molar-refractivity contribution in [3.63, 3.8) is 0 Å². The van der Waals surface area contributed by atoms with Gasteiger partial charge >= 0.3 is 0 Å². The number of hydrogen-bond acceptors (Lipinski definition) is 6. The largest absolute Gasteiger partial charge is 0.508 e. The zero-order valence-corrected chi connectivity index (χ0v) is 18.5. The van der Waals surface area contributed by atoms with Gasteiger partial charge in [-0.1, -0.05) is 12.1 Å². The molecule has 172 valence electrons. The van der Waals surface area contributed by atoms with E-state index in [4.69, 9.17) is 4.42 Å². The molecule has 0 bridgehead atoms. The van der Waals surface area contributed by atoms with Gasteiger partial charge in [-0.05, 0) is 67.9 Å². The Bertz CT molecular complexity index is 1400. The Hall–Kier alpha value is -4.10. The number of phenolic OH excluding ortho intramolecular Hbond substituents is 2. The Morgan fingerprint density at radius 2 is 1.65 bits per heavy atom. The molecule has 1 amide bonds. The normalized spacial score (nSPS) is 13.9. The number of hydrogen-bond donors (Lipinski definition) is 3. The number of anilines is 1. The van der Waals surface area contributed by atoms with Gasteiger partial charge in [-0.15, -0.1) is 0 Å². The van der Waals surface area contributed by atoms with Crippen molar-refractivity contribution in [3.8, 4) is 22.8 Å². The number of carbonyl (C=O) groups excluding carboxylic acids is 1. The molecule has 34 heavy (non-hydrogen) atoms. The highest BCUT2D eigenvalue weighted by atomic mass is 16.3. The van der Waals surface area contributed by atoms with E-state index in [0.29, 0.717) is 16.8 Å². The van der Waals surface area contributed by atoms with Crippen molar-refractivity contribution in [2.75, 3.05) is 18.4 Å². The maximum absolute atomic E-state index is 12.7. The van der Waals surface area contributed by atoms with Crippen LogP contribution in [0.3, 0.4) is 0 Å². The highest BCUT2D eigenvalue weighted by Crippen LogP contribution is 2.30. The van der Waals surface area contributed by atoms with Gasteiger partial charge in [-0.25, -0.2) is 0 Å². The van der Waals surface area contributed by atoms with Gasteiger partial charge in [0, 0.05) is 41.6 Å². The number of nitrogens with one attached hydrogen (secondary N) is 1. The van der Waals surface area contributed by atoms with Crippen LogP contribution in [0.1, 0.15) is 28.8 Å². The molecule has 0 radical (unpaired) electrons. The van der Waals surface area contributed by atoms with Crippen LogP contribution in [0.15, 0.2) is 75.9 Å². The molecule has 1 fully saturated rings. The van der Waals surface area contributed by atoms with E-state index >= 15 is 0 Å². The quantitative estimate of drug-likeness (QED) is 0.402. The first-order valence-electron chi connectivity index (χ1n) is 11.2. The van der Waals surface area contributed by atoms with Crippen LogP contribution >= 0.6 is 0 Å². The van der Waals surface area contributed by atoms with E-state index in [1.807, 2.05) is 24.3 Å². The van der Waals surface area contributed by atoms with Gasteiger partial charge in [0.15, 0.2) is 5.43 Å². The number of amides is 1. The average Bonchev–Trinajstić information content (AvgIpc) is 3.32. The van der Waals surface area contributed by atoms with Gasteiger partial charge in [0.1, 0.15) is 28.2 Å². The molecule has 5 rings (SSSR count). The van der Waals surface area contributed by atoms with Gasteiger partial charge in [0.05, 0.1) is 0 Å². The summed E-state index contributed by atoms with van der Waals surface area (Å²) in [5.41, 5.74) is 2.67. The Morgan fingerprint density at radius 3 is 2.35 bits per heavy atom. The molecule has 3 aromatic carbocycles. The zero-order chi connectivity index (χ0) is 23.7. The van der Waals surface area contributed by atoms with E-state index in [1.54, 1.807) is 24.3 Å². The summed E-state index contributed by atoms with van der Waals surface area (Å²) >= 11 is 0. The Morgan fingerprint density at radius 1 is 0.941 bits per heavy atom. The van der Waals surface area contributed by atoms with Crippen molar-refractivity contribution in [1.29, 1.82) is 0 Å². The first-order chi connectivity index (χ1) is 16.5.